The Bertz CT molecular complexity index is 926. The van der Waals surface area contributed by atoms with Gasteiger partial charge in [-0.3, -0.25) is 9.79 Å². The molecular formula is C24H32IN5O2. The van der Waals surface area contributed by atoms with Crippen molar-refractivity contribution in [3.8, 4) is 5.75 Å². The predicted octanol–water partition coefficient (Wildman–Crippen LogP) is 3.03. The highest BCUT2D eigenvalue weighted by Crippen LogP contribution is 2.27. The zero-order chi connectivity index (χ0) is 21.6. The lowest BCUT2D eigenvalue weighted by Crippen LogP contribution is -2.52. The third-order valence-electron chi connectivity index (χ3n) is 6.03. The van der Waals surface area contributed by atoms with Crippen LogP contribution in [0.25, 0.3) is 0 Å². The highest BCUT2D eigenvalue weighted by Gasteiger charge is 2.22. The van der Waals surface area contributed by atoms with Crippen LogP contribution in [0.2, 0.25) is 0 Å². The number of hydrogen-bond acceptors (Lipinski definition) is 4. The molecule has 2 saturated heterocycles. The van der Waals surface area contributed by atoms with Gasteiger partial charge in [0, 0.05) is 59.3 Å². The summed E-state index contributed by atoms with van der Waals surface area (Å²) in [6, 6.07) is 15.9. The van der Waals surface area contributed by atoms with Gasteiger partial charge in [0.15, 0.2) is 5.96 Å². The molecule has 0 unspecified atom stereocenters. The van der Waals surface area contributed by atoms with Crippen molar-refractivity contribution >= 4 is 41.5 Å². The number of aromatic hydroxyl groups is 1. The van der Waals surface area contributed by atoms with Crippen molar-refractivity contribution < 1.29 is 9.90 Å². The van der Waals surface area contributed by atoms with Gasteiger partial charge in [-0.2, -0.15) is 0 Å². The molecule has 0 atom stereocenters. The summed E-state index contributed by atoms with van der Waals surface area (Å²) in [5.41, 5.74) is 3.25. The van der Waals surface area contributed by atoms with Gasteiger partial charge in [-0.1, -0.05) is 36.4 Å². The summed E-state index contributed by atoms with van der Waals surface area (Å²) in [7, 11) is 1.81. The molecule has 7 nitrogen and oxygen atoms in total. The number of rotatable bonds is 5. The molecule has 1 amide bonds. The first-order valence-corrected chi connectivity index (χ1v) is 11.0. The van der Waals surface area contributed by atoms with E-state index in [9.17, 15) is 9.90 Å². The summed E-state index contributed by atoms with van der Waals surface area (Å²) in [4.78, 5) is 22.7. The van der Waals surface area contributed by atoms with Gasteiger partial charge in [0.1, 0.15) is 5.75 Å². The number of nitrogens with zero attached hydrogens (tertiary/aromatic N) is 4. The molecule has 4 rings (SSSR count). The normalized spacial score (nSPS) is 16.8. The summed E-state index contributed by atoms with van der Waals surface area (Å²) in [6.45, 7) is 5.64. The molecule has 0 radical (unpaired) electrons. The van der Waals surface area contributed by atoms with E-state index in [4.69, 9.17) is 0 Å². The second-order valence-corrected chi connectivity index (χ2v) is 8.10. The van der Waals surface area contributed by atoms with Crippen molar-refractivity contribution in [2.24, 2.45) is 4.99 Å². The van der Waals surface area contributed by atoms with Gasteiger partial charge in [-0.15, -0.1) is 24.0 Å². The Balaban J connectivity index is 0.00000289. The SMILES string of the molecule is CN=C(NCc1ccc(CN2CCCC2=O)cc1)N1CCN(c2ccccc2O)CC1.I. The van der Waals surface area contributed by atoms with Crippen molar-refractivity contribution in [1.29, 1.82) is 0 Å². The lowest BCUT2D eigenvalue weighted by molar-refractivity contribution is -0.128. The van der Waals surface area contributed by atoms with E-state index in [0.29, 0.717) is 25.3 Å². The number of anilines is 1. The van der Waals surface area contributed by atoms with Crippen LogP contribution in [0.4, 0.5) is 5.69 Å². The van der Waals surface area contributed by atoms with Crippen LogP contribution in [0, 0.1) is 0 Å². The molecule has 0 aromatic heterocycles. The second-order valence-electron chi connectivity index (χ2n) is 8.10. The van der Waals surface area contributed by atoms with Gasteiger partial charge in [0.25, 0.3) is 0 Å². The number of guanidine groups is 1. The Morgan fingerprint density at radius 3 is 2.31 bits per heavy atom. The lowest BCUT2D eigenvalue weighted by Gasteiger charge is -2.37. The molecule has 172 valence electrons. The number of amides is 1. The third kappa shape index (κ3) is 5.85. The topological polar surface area (TPSA) is 71.4 Å². The van der Waals surface area contributed by atoms with Crippen molar-refractivity contribution in [3.63, 3.8) is 0 Å². The van der Waals surface area contributed by atoms with Crippen LogP contribution in [0.3, 0.4) is 0 Å². The largest absolute Gasteiger partial charge is 0.506 e. The van der Waals surface area contributed by atoms with E-state index < -0.39 is 0 Å². The minimum Gasteiger partial charge on any atom is -0.506 e. The second kappa shape index (κ2) is 11.4. The zero-order valence-corrected chi connectivity index (χ0v) is 20.9. The molecule has 0 saturated carbocycles. The predicted molar refractivity (Wildman–Crippen MR) is 139 cm³/mol. The summed E-state index contributed by atoms with van der Waals surface area (Å²) >= 11 is 0. The molecule has 0 bridgehead atoms. The number of nitrogens with one attached hydrogen (secondary N) is 1. The number of phenols is 1. The van der Waals surface area contributed by atoms with E-state index in [1.807, 2.05) is 30.1 Å². The average molecular weight is 549 g/mol. The Labute approximate surface area is 207 Å². The first-order chi connectivity index (χ1) is 15.1. The van der Waals surface area contributed by atoms with Crippen LogP contribution in [0.15, 0.2) is 53.5 Å². The van der Waals surface area contributed by atoms with Gasteiger partial charge in [-0.25, -0.2) is 0 Å². The number of aliphatic imine (C=N–C) groups is 1. The standard InChI is InChI=1S/C24H31N5O2.HI/c1-25-24(28-15-13-27(14-16-28)21-5-2-3-6-22(21)30)26-17-19-8-10-20(11-9-19)18-29-12-4-7-23(29)31;/h2-3,5-6,8-11,30H,4,7,12-18H2,1H3,(H,25,26);1H. The molecule has 2 fully saturated rings. The average Bonchev–Trinajstić information content (AvgIpc) is 3.20. The number of carbonyl (C=O) groups is 1. The Hall–Kier alpha value is -2.49. The zero-order valence-electron chi connectivity index (χ0n) is 18.5. The number of likely N-dealkylation sites (tertiary alicyclic amines) is 1. The van der Waals surface area contributed by atoms with Crippen molar-refractivity contribution in [3.05, 3.63) is 59.7 Å². The molecule has 32 heavy (non-hydrogen) atoms. The molecule has 0 spiro atoms. The molecule has 2 aromatic carbocycles. The van der Waals surface area contributed by atoms with Crippen molar-refractivity contribution in [1.82, 2.24) is 15.1 Å². The number of halogens is 1. The molecule has 0 aliphatic carbocycles. The van der Waals surface area contributed by atoms with E-state index in [1.54, 1.807) is 6.07 Å². The summed E-state index contributed by atoms with van der Waals surface area (Å²) in [6.07, 6.45) is 1.66. The smallest absolute Gasteiger partial charge is 0.222 e. The van der Waals surface area contributed by atoms with Crippen LogP contribution < -0.4 is 10.2 Å². The minimum absolute atomic E-state index is 0. The maximum absolute atomic E-state index is 11.8. The van der Waals surface area contributed by atoms with E-state index in [-0.39, 0.29) is 29.9 Å². The molecule has 2 aromatic rings. The molecule has 8 heteroatoms. The number of carbonyl (C=O) groups excluding carboxylic acids is 1. The highest BCUT2D eigenvalue weighted by molar-refractivity contribution is 14.0. The molecule has 2 aliphatic heterocycles. The van der Waals surface area contributed by atoms with Crippen LogP contribution in [0.1, 0.15) is 24.0 Å². The van der Waals surface area contributed by atoms with Crippen LogP contribution in [-0.2, 0) is 17.9 Å². The van der Waals surface area contributed by atoms with Gasteiger partial charge < -0.3 is 25.1 Å². The third-order valence-corrected chi connectivity index (χ3v) is 6.03. The molecule has 2 aliphatic rings. The number of hydrogen-bond donors (Lipinski definition) is 2. The molecule has 2 heterocycles. The summed E-state index contributed by atoms with van der Waals surface area (Å²) < 4.78 is 0. The van der Waals surface area contributed by atoms with Crippen LogP contribution in [0.5, 0.6) is 5.75 Å². The van der Waals surface area contributed by atoms with Crippen LogP contribution in [-0.4, -0.2) is 66.5 Å². The van der Waals surface area contributed by atoms with E-state index in [0.717, 1.165) is 50.8 Å². The first kappa shape index (κ1) is 24.2. The van der Waals surface area contributed by atoms with Gasteiger partial charge >= 0.3 is 0 Å². The quantitative estimate of drug-likeness (QED) is 0.341. The van der Waals surface area contributed by atoms with Crippen molar-refractivity contribution in [2.75, 3.05) is 44.7 Å². The highest BCUT2D eigenvalue weighted by atomic mass is 127. The fourth-order valence-electron chi connectivity index (χ4n) is 4.26. The summed E-state index contributed by atoms with van der Waals surface area (Å²) in [5.74, 6) is 1.48. The van der Waals surface area contributed by atoms with E-state index >= 15 is 0 Å². The lowest BCUT2D eigenvalue weighted by atomic mass is 10.1. The van der Waals surface area contributed by atoms with E-state index in [2.05, 4.69) is 44.4 Å². The number of piperazine rings is 1. The number of para-hydroxylation sites is 2. The van der Waals surface area contributed by atoms with Gasteiger partial charge in [-0.05, 0) is 29.7 Å². The number of phenolic OH excluding ortho intramolecular Hbond substituents is 1. The molecule has 2 N–H and O–H groups in total. The van der Waals surface area contributed by atoms with E-state index in [1.165, 1.54) is 11.1 Å². The monoisotopic (exact) mass is 549 g/mol. The maximum Gasteiger partial charge on any atom is 0.222 e. The van der Waals surface area contributed by atoms with Crippen molar-refractivity contribution in [2.45, 2.75) is 25.9 Å². The van der Waals surface area contributed by atoms with Gasteiger partial charge in [0.05, 0.1) is 5.69 Å². The Morgan fingerprint density at radius 1 is 1.00 bits per heavy atom. The van der Waals surface area contributed by atoms with Crippen LogP contribution >= 0.6 is 24.0 Å². The fraction of sp³-hybridized carbons (Fsp3) is 0.417. The Kier molecular flexibility index (Phi) is 8.60. The minimum atomic E-state index is 0. The maximum atomic E-state index is 11.8. The summed E-state index contributed by atoms with van der Waals surface area (Å²) in [5, 5.41) is 13.6. The number of benzene rings is 2. The fourth-order valence-corrected chi connectivity index (χ4v) is 4.26. The Morgan fingerprint density at radius 2 is 1.69 bits per heavy atom. The van der Waals surface area contributed by atoms with Gasteiger partial charge in [0.2, 0.25) is 5.91 Å². The molecular weight excluding hydrogens is 517 g/mol. The first-order valence-electron chi connectivity index (χ1n) is 11.0.